The fourth-order valence-electron chi connectivity index (χ4n) is 1.54. The molecule has 0 heterocycles. The minimum atomic E-state index is -0.530. The van der Waals surface area contributed by atoms with Gasteiger partial charge in [0.05, 0.1) is 21.8 Å². The van der Waals surface area contributed by atoms with Gasteiger partial charge >= 0.3 is 0 Å². The first-order chi connectivity index (χ1) is 8.47. The Bertz CT molecular complexity index is 435. The summed E-state index contributed by atoms with van der Waals surface area (Å²) in [7, 11) is 0. The molecule has 0 aliphatic carbocycles. The van der Waals surface area contributed by atoms with Crippen LogP contribution < -0.4 is 11.1 Å². The highest BCUT2D eigenvalue weighted by molar-refractivity contribution is 6.40. The maximum atomic E-state index is 11.9. The van der Waals surface area contributed by atoms with Crippen LogP contribution in [0.15, 0.2) is 12.1 Å². The van der Waals surface area contributed by atoms with E-state index in [1.807, 2.05) is 6.92 Å². The van der Waals surface area contributed by atoms with E-state index in [9.17, 15) is 4.79 Å². The Morgan fingerprint density at radius 3 is 2.72 bits per heavy atom. The first kappa shape index (κ1) is 15.3. The lowest BCUT2D eigenvalue weighted by atomic mass is 10.1. The molecule has 1 rings (SSSR count). The van der Waals surface area contributed by atoms with Gasteiger partial charge in [0.1, 0.15) is 0 Å². The molecule has 0 bridgehead atoms. The molecule has 100 valence electrons. The van der Waals surface area contributed by atoms with E-state index in [2.05, 4.69) is 12.2 Å². The average molecular weight is 289 g/mol. The van der Waals surface area contributed by atoms with Crippen LogP contribution in [0.25, 0.3) is 0 Å². The number of anilines is 1. The molecular formula is C13H18Cl2N2O. The Kier molecular flexibility index (Phi) is 5.93. The number of aryl methyl sites for hydroxylation is 1. The summed E-state index contributed by atoms with van der Waals surface area (Å²) >= 11 is 12.1. The van der Waals surface area contributed by atoms with E-state index in [-0.39, 0.29) is 5.91 Å². The van der Waals surface area contributed by atoms with Crippen LogP contribution >= 0.6 is 23.2 Å². The second-order valence-electron chi connectivity index (χ2n) is 4.29. The van der Waals surface area contributed by atoms with Crippen molar-refractivity contribution >= 4 is 34.8 Å². The molecule has 1 atom stereocenters. The van der Waals surface area contributed by atoms with Gasteiger partial charge in [-0.2, -0.15) is 0 Å². The summed E-state index contributed by atoms with van der Waals surface area (Å²) in [4.78, 5) is 11.9. The Morgan fingerprint density at radius 1 is 1.44 bits per heavy atom. The van der Waals surface area contributed by atoms with Crippen molar-refractivity contribution in [2.45, 2.75) is 39.2 Å². The predicted molar refractivity (Wildman–Crippen MR) is 77.3 cm³/mol. The third-order valence-corrected chi connectivity index (χ3v) is 3.54. The smallest absolute Gasteiger partial charge is 0.241 e. The molecule has 0 radical (unpaired) electrons. The fraction of sp³-hybridized carbons (Fsp3) is 0.462. The summed E-state index contributed by atoms with van der Waals surface area (Å²) in [6.45, 7) is 3.91. The number of hydrogen-bond acceptors (Lipinski definition) is 2. The monoisotopic (exact) mass is 288 g/mol. The molecule has 3 nitrogen and oxygen atoms in total. The van der Waals surface area contributed by atoms with Crippen molar-refractivity contribution in [2.75, 3.05) is 5.32 Å². The highest BCUT2D eigenvalue weighted by Crippen LogP contribution is 2.32. The second-order valence-corrected chi connectivity index (χ2v) is 5.08. The van der Waals surface area contributed by atoms with E-state index >= 15 is 0 Å². The van der Waals surface area contributed by atoms with Gasteiger partial charge in [-0.15, -0.1) is 0 Å². The number of nitrogens with two attached hydrogens (primary N) is 1. The molecule has 0 aliphatic rings. The van der Waals surface area contributed by atoms with Crippen LogP contribution in [-0.4, -0.2) is 11.9 Å². The minimum Gasteiger partial charge on any atom is -0.322 e. The summed E-state index contributed by atoms with van der Waals surface area (Å²) in [6, 6.07) is 2.98. The Morgan fingerprint density at radius 2 is 2.11 bits per heavy atom. The summed E-state index contributed by atoms with van der Waals surface area (Å²) in [6.07, 6.45) is 2.58. The second kappa shape index (κ2) is 6.98. The lowest BCUT2D eigenvalue weighted by Gasteiger charge is -2.14. The zero-order valence-electron chi connectivity index (χ0n) is 10.6. The molecule has 0 fully saturated rings. The van der Waals surface area contributed by atoms with Crippen LogP contribution in [0.2, 0.25) is 10.0 Å². The normalized spacial score (nSPS) is 12.3. The number of halogens is 2. The molecule has 5 heteroatoms. The van der Waals surface area contributed by atoms with Crippen molar-refractivity contribution in [1.82, 2.24) is 0 Å². The van der Waals surface area contributed by atoms with Crippen molar-refractivity contribution in [2.24, 2.45) is 5.73 Å². The topological polar surface area (TPSA) is 55.1 Å². The number of nitrogens with one attached hydrogen (secondary N) is 1. The van der Waals surface area contributed by atoms with E-state index in [1.54, 1.807) is 12.1 Å². The molecule has 0 saturated carbocycles. The van der Waals surface area contributed by atoms with E-state index < -0.39 is 6.04 Å². The van der Waals surface area contributed by atoms with E-state index in [0.717, 1.165) is 18.4 Å². The predicted octanol–water partition coefficient (Wildman–Crippen LogP) is 3.76. The average Bonchev–Trinajstić information content (AvgIpc) is 2.36. The Labute approximate surface area is 118 Å². The SMILES string of the molecule is CCCC[C@H](N)C(=O)Nc1c(Cl)ccc(C)c1Cl. The molecule has 1 aromatic rings. The quantitative estimate of drug-likeness (QED) is 0.867. The van der Waals surface area contributed by atoms with Crippen molar-refractivity contribution in [3.05, 3.63) is 27.7 Å². The van der Waals surface area contributed by atoms with E-state index in [4.69, 9.17) is 28.9 Å². The first-order valence-electron chi connectivity index (χ1n) is 5.98. The van der Waals surface area contributed by atoms with Crippen molar-refractivity contribution in [1.29, 1.82) is 0 Å². The van der Waals surface area contributed by atoms with Gasteiger partial charge in [0.15, 0.2) is 0 Å². The largest absolute Gasteiger partial charge is 0.322 e. The lowest BCUT2D eigenvalue weighted by Crippen LogP contribution is -2.35. The van der Waals surface area contributed by atoms with Crippen LogP contribution in [0.1, 0.15) is 31.7 Å². The zero-order valence-corrected chi connectivity index (χ0v) is 12.1. The molecule has 0 unspecified atom stereocenters. The van der Waals surface area contributed by atoms with Crippen molar-refractivity contribution < 1.29 is 4.79 Å². The van der Waals surface area contributed by atoms with Gasteiger partial charge in [-0.3, -0.25) is 4.79 Å². The molecule has 3 N–H and O–H groups in total. The van der Waals surface area contributed by atoms with Gasteiger partial charge < -0.3 is 11.1 Å². The summed E-state index contributed by atoms with van der Waals surface area (Å²) in [5.41, 5.74) is 7.09. The van der Waals surface area contributed by atoms with E-state index in [1.165, 1.54) is 0 Å². The number of amides is 1. The van der Waals surface area contributed by atoms with Crippen LogP contribution in [0, 0.1) is 6.92 Å². The number of rotatable bonds is 5. The van der Waals surface area contributed by atoms with Gasteiger partial charge in [0.25, 0.3) is 0 Å². The molecule has 1 amide bonds. The summed E-state index contributed by atoms with van der Waals surface area (Å²) < 4.78 is 0. The third-order valence-electron chi connectivity index (χ3n) is 2.74. The molecule has 0 spiro atoms. The number of unbranched alkanes of at least 4 members (excludes halogenated alkanes) is 1. The maximum Gasteiger partial charge on any atom is 0.241 e. The third kappa shape index (κ3) is 3.87. The number of benzene rings is 1. The molecule has 18 heavy (non-hydrogen) atoms. The van der Waals surface area contributed by atoms with Gasteiger partial charge in [0.2, 0.25) is 5.91 Å². The van der Waals surface area contributed by atoms with Crippen LogP contribution in [0.3, 0.4) is 0 Å². The van der Waals surface area contributed by atoms with Gasteiger partial charge in [0, 0.05) is 0 Å². The minimum absolute atomic E-state index is 0.252. The van der Waals surface area contributed by atoms with Crippen molar-refractivity contribution in [3.63, 3.8) is 0 Å². The molecular weight excluding hydrogens is 271 g/mol. The number of carbonyl (C=O) groups is 1. The van der Waals surface area contributed by atoms with Crippen LogP contribution in [-0.2, 0) is 4.79 Å². The van der Waals surface area contributed by atoms with Gasteiger partial charge in [-0.1, -0.05) is 49.0 Å². The van der Waals surface area contributed by atoms with E-state index in [0.29, 0.717) is 22.2 Å². The summed E-state index contributed by atoms with van der Waals surface area (Å²) in [5, 5.41) is 3.58. The highest BCUT2D eigenvalue weighted by Gasteiger charge is 2.16. The van der Waals surface area contributed by atoms with Gasteiger partial charge in [-0.25, -0.2) is 0 Å². The number of hydrogen-bond donors (Lipinski definition) is 2. The molecule has 1 aromatic carbocycles. The molecule has 0 aliphatic heterocycles. The Hall–Kier alpha value is -0.770. The molecule has 0 aromatic heterocycles. The maximum absolute atomic E-state index is 11.9. The molecule has 0 saturated heterocycles. The first-order valence-corrected chi connectivity index (χ1v) is 6.74. The number of carbonyl (C=O) groups excluding carboxylic acids is 1. The van der Waals surface area contributed by atoms with Crippen LogP contribution in [0.5, 0.6) is 0 Å². The fourth-order valence-corrected chi connectivity index (χ4v) is 2.01. The summed E-state index contributed by atoms with van der Waals surface area (Å²) in [5.74, 6) is -0.252. The van der Waals surface area contributed by atoms with Gasteiger partial charge in [-0.05, 0) is 25.0 Å². The zero-order chi connectivity index (χ0) is 13.7. The Balaban J connectivity index is 2.79. The highest BCUT2D eigenvalue weighted by atomic mass is 35.5. The van der Waals surface area contributed by atoms with Crippen LogP contribution in [0.4, 0.5) is 5.69 Å². The lowest BCUT2D eigenvalue weighted by molar-refractivity contribution is -0.117. The standard InChI is InChI=1S/C13H18Cl2N2O/c1-3-4-5-10(16)13(18)17-12-9(14)7-6-8(2)11(12)15/h6-7,10H,3-5,16H2,1-2H3,(H,17,18)/t10-/m0/s1. The van der Waals surface area contributed by atoms with Crippen molar-refractivity contribution in [3.8, 4) is 0 Å².